The van der Waals surface area contributed by atoms with Crippen molar-refractivity contribution in [3.05, 3.63) is 47.5 Å². The van der Waals surface area contributed by atoms with Gasteiger partial charge in [0.2, 0.25) is 5.91 Å². The van der Waals surface area contributed by atoms with Crippen LogP contribution in [0.15, 0.2) is 36.7 Å². The van der Waals surface area contributed by atoms with Gasteiger partial charge in [0.15, 0.2) is 17.3 Å². The Labute approximate surface area is 247 Å². The maximum atomic E-state index is 14.6. The molecular weight excluding hydrogens is 569 g/mol. The number of likely N-dealkylation sites (tertiary alicyclic amines) is 1. The summed E-state index contributed by atoms with van der Waals surface area (Å²) >= 11 is 5.96. The first kappa shape index (κ1) is 29.6. The molecule has 224 valence electrons. The fourth-order valence-corrected chi connectivity index (χ4v) is 5.13. The summed E-state index contributed by atoms with van der Waals surface area (Å²) in [5, 5.41) is 3.49. The highest BCUT2D eigenvalue weighted by molar-refractivity contribution is 6.31. The Balaban J connectivity index is 1.44. The molecule has 0 radical (unpaired) electrons. The van der Waals surface area contributed by atoms with Crippen molar-refractivity contribution < 1.29 is 32.9 Å². The van der Waals surface area contributed by atoms with Gasteiger partial charge < -0.3 is 29.2 Å². The Kier molecular flexibility index (Phi) is 8.55. The molecule has 3 heterocycles. The second-order valence-corrected chi connectivity index (χ2v) is 11.4. The van der Waals surface area contributed by atoms with E-state index in [-0.39, 0.29) is 29.6 Å². The normalized spacial score (nSPS) is 19.1. The number of hydrogen-bond donors (Lipinski definition) is 1. The van der Waals surface area contributed by atoms with Crippen LogP contribution in [0.3, 0.4) is 0 Å². The summed E-state index contributed by atoms with van der Waals surface area (Å²) in [5.74, 6) is 0.288. The molecule has 2 saturated heterocycles. The Morgan fingerprint density at radius 3 is 2.62 bits per heavy atom. The summed E-state index contributed by atoms with van der Waals surface area (Å²) in [6.45, 7) is 7.23. The fourth-order valence-electron chi connectivity index (χ4n) is 4.96. The monoisotopic (exact) mass is 601 g/mol. The minimum Gasteiger partial charge on any atom is -0.493 e. The van der Waals surface area contributed by atoms with Crippen LogP contribution in [0.1, 0.15) is 27.2 Å². The lowest BCUT2D eigenvalue weighted by atomic mass is 10.1. The lowest BCUT2D eigenvalue weighted by molar-refractivity contribution is -0.140. The summed E-state index contributed by atoms with van der Waals surface area (Å²) in [7, 11) is 1.50. The number of hydrogen-bond acceptors (Lipinski definition) is 9. The third kappa shape index (κ3) is 6.44. The number of ether oxygens (including phenoxy) is 4. The fraction of sp³-hybridized carbons (Fsp3) is 0.448. The number of fused-ring (bicyclic) bond motifs is 1. The lowest BCUT2D eigenvalue weighted by Gasteiger charge is -2.33. The van der Waals surface area contributed by atoms with Gasteiger partial charge in [-0.3, -0.25) is 9.69 Å². The molecule has 1 N–H and O–H groups in total. The summed E-state index contributed by atoms with van der Waals surface area (Å²) in [4.78, 5) is 38.5. The Bertz CT molecular complexity index is 1480. The van der Waals surface area contributed by atoms with E-state index in [1.54, 1.807) is 49.9 Å². The average molecular weight is 602 g/mol. The SMILES string of the molecule is COc1cc2ncnc(Nc3cccc(Cl)c3F)c2cc1OC1CC(C(=O)N2CCOCC2)N(C(=O)OC(C)(C)C)C1. The number of carbonyl (C=O) groups excluding carboxylic acids is 2. The molecule has 0 aliphatic carbocycles. The summed E-state index contributed by atoms with van der Waals surface area (Å²) in [6, 6.07) is 7.24. The van der Waals surface area contributed by atoms with Gasteiger partial charge >= 0.3 is 6.09 Å². The van der Waals surface area contributed by atoms with E-state index in [0.717, 1.165) is 0 Å². The third-order valence-electron chi connectivity index (χ3n) is 6.92. The van der Waals surface area contributed by atoms with Gasteiger partial charge in [0, 0.05) is 31.0 Å². The van der Waals surface area contributed by atoms with Crippen molar-refractivity contribution in [2.75, 3.05) is 45.3 Å². The topological polar surface area (TPSA) is 115 Å². The lowest BCUT2D eigenvalue weighted by Crippen LogP contribution is -2.51. The van der Waals surface area contributed by atoms with Gasteiger partial charge in [-0.15, -0.1) is 0 Å². The van der Waals surface area contributed by atoms with E-state index in [2.05, 4.69) is 15.3 Å². The molecule has 0 saturated carbocycles. The van der Waals surface area contributed by atoms with Crippen LogP contribution in [0.25, 0.3) is 10.9 Å². The van der Waals surface area contributed by atoms with E-state index >= 15 is 0 Å². The molecule has 42 heavy (non-hydrogen) atoms. The van der Waals surface area contributed by atoms with Crippen LogP contribution in [0, 0.1) is 5.82 Å². The molecule has 2 unspecified atom stereocenters. The number of morpholine rings is 1. The second kappa shape index (κ2) is 12.1. The van der Waals surface area contributed by atoms with Crippen LogP contribution in [0.5, 0.6) is 11.5 Å². The molecule has 2 aliphatic rings. The third-order valence-corrected chi connectivity index (χ3v) is 7.21. The predicted octanol–water partition coefficient (Wildman–Crippen LogP) is 4.79. The molecule has 1 aromatic heterocycles. The molecule has 2 aromatic carbocycles. The number of halogens is 2. The first-order valence-electron chi connectivity index (χ1n) is 13.6. The molecule has 11 nitrogen and oxygen atoms in total. The number of nitrogens with one attached hydrogen (secondary N) is 1. The number of amides is 2. The number of methoxy groups -OCH3 is 1. The maximum Gasteiger partial charge on any atom is 0.411 e. The number of aromatic nitrogens is 2. The van der Waals surface area contributed by atoms with Crippen molar-refractivity contribution in [1.82, 2.24) is 19.8 Å². The van der Waals surface area contributed by atoms with Crippen molar-refractivity contribution in [3.8, 4) is 11.5 Å². The number of carbonyl (C=O) groups is 2. The van der Waals surface area contributed by atoms with Gasteiger partial charge in [-0.1, -0.05) is 17.7 Å². The van der Waals surface area contributed by atoms with Crippen molar-refractivity contribution in [2.45, 2.75) is 44.9 Å². The Hall–Kier alpha value is -3.90. The van der Waals surface area contributed by atoms with Gasteiger partial charge in [-0.2, -0.15) is 0 Å². The highest BCUT2D eigenvalue weighted by Gasteiger charge is 2.44. The minimum absolute atomic E-state index is 0.0268. The summed E-state index contributed by atoms with van der Waals surface area (Å²) in [5.41, 5.74) is -0.0638. The first-order chi connectivity index (χ1) is 20.0. The number of nitrogens with zero attached hydrogens (tertiary/aromatic N) is 4. The molecule has 2 fully saturated rings. The minimum atomic E-state index is -0.763. The standard InChI is InChI=1S/C29H33ClFN5O6/c1-29(2,3)42-28(38)36-15-17(12-22(36)27(37)35-8-10-40-11-9-35)41-24-13-18-21(14-23(24)39-4)32-16-33-26(18)34-20-7-5-6-19(30)25(20)31/h5-7,13-14,16-17,22H,8-12,15H2,1-4H3,(H,32,33,34). The van der Waals surface area contributed by atoms with Crippen LogP contribution in [-0.2, 0) is 14.3 Å². The van der Waals surface area contributed by atoms with Crippen LogP contribution in [0.2, 0.25) is 5.02 Å². The molecular formula is C29H33ClFN5O6. The van der Waals surface area contributed by atoms with E-state index in [1.165, 1.54) is 24.4 Å². The largest absolute Gasteiger partial charge is 0.493 e. The van der Waals surface area contributed by atoms with Gasteiger partial charge in [0.05, 0.1) is 43.1 Å². The molecule has 3 aromatic rings. The summed E-state index contributed by atoms with van der Waals surface area (Å²) in [6.07, 6.45) is 0.463. The smallest absolute Gasteiger partial charge is 0.411 e. The van der Waals surface area contributed by atoms with Gasteiger partial charge in [-0.25, -0.2) is 19.2 Å². The molecule has 2 atom stereocenters. The van der Waals surface area contributed by atoms with E-state index in [0.29, 0.717) is 54.5 Å². The zero-order valence-corrected chi connectivity index (χ0v) is 24.6. The van der Waals surface area contributed by atoms with E-state index < -0.39 is 29.7 Å². The zero-order valence-electron chi connectivity index (χ0n) is 23.9. The Morgan fingerprint density at radius 2 is 1.90 bits per heavy atom. The molecule has 5 rings (SSSR count). The highest BCUT2D eigenvalue weighted by Crippen LogP contribution is 2.37. The quantitative estimate of drug-likeness (QED) is 0.426. The van der Waals surface area contributed by atoms with E-state index in [1.807, 2.05) is 0 Å². The molecule has 0 bridgehead atoms. The molecule has 13 heteroatoms. The van der Waals surface area contributed by atoms with Crippen molar-refractivity contribution in [3.63, 3.8) is 0 Å². The van der Waals surface area contributed by atoms with Gasteiger partial charge in [0.1, 0.15) is 29.9 Å². The van der Waals surface area contributed by atoms with Crippen molar-refractivity contribution in [2.24, 2.45) is 0 Å². The van der Waals surface area contributed by atoms with E-state index in [4.69, 9.17) is 30.5 Å². The van der Waals surface area contributed by atoms with Gasteiger partial charge in [0.25, 0.3) is 0 Å². The van der Waals surface area contributed by atoms with Crippen LogP contribution in [-0.4, -0.2) is 89.5 Å². The number of rotatable bonds is 6. The zero-order chi connectivity index (χ0) is 30.0. The van der Waals surface area contributed by atoms with Crippen LogP contribution >= 0.6 is 11.6 Å². The van der Waals surface area contributed by atoms with E-state index in [9.17, 15) is 14.0 Å². The van der Waals surface area contributed by atoms with Gasteiger partial charge in [-0.05, 0) is 39.0 Å². The number of anilines is 2. The van der Waals surface area contributed by atoms with Crippen molar-refractivity contribution >= 4 is 46.0 Å². The highest BCUT2D eigenvalue weighted by atomic mass is 35.5. The van der Waals surface area contributed by atoms with Crippen molar-refractivity contribution in [1.29, 1.82) is 0 Å². The first-order valence-corrected chi connectivity index (χ1v) is 14.0. The van der Waals surface area contributed by atoms with Crippen LogP contribution in [0.4, 0.5) is 20.7 Å². The summed E-state index contributed by atoms with van der Waals surface area (Å²) < 4.78 is 37.6. The molecule has 0 spiro atoms. The Morgan fingerprint density at radius 1 is 1.14 bits per heavy atom. The predicted molar refractivity (Wildman–Crippen MR) is 154 cm³/mol. The molecule has 2 aliphatic heterocycles. The molecule has 2 amide bonds. The number of benzene rings is 2. The second-order valence-electron chi connectivity index (χ2n) is 11.0. The average Bonchev–Trinajstić information content (AvgIpc) is 3.38. The maximum absolute atomic E-state index is 14.6. The van der Waals surface area contributed by atoms with Crippen LogP contribution < -0.4 is 14.8 Å².